The van der Waals surface area contributed by atoms with Gasteiger partial charge in [-0.05, 0) is 18.6 Å². The Morgan fingerprint density at radius 2 is 1.88 bits per heavy atom. The van der Waals surface area contributed by atoms with Crippen molar-refractivity contribution in [2.75, 3.05) is 14.2 Å². The molecule has 17 heavy (non-hydrogen) atoms. The van der Waals surface area contributed by atoms with Crippen LogP contribution in [0.15, 0.2) is 6.07 Å². The van der Waals surface area contributed by atoms with Gasteiger partial charge in [0, 0.05) is 5.56 Å². The van der Waals surface area contributed by atoms with Crippen molar-refractivity contribution in [2.24, 2.45) is 0 Å². The molecule has 0 aliphatic heterocycles. The summed E-state index contributed by atoms with van der Waals surface area (Å²) >= 11 is 5.94. The predicted molar refractivity (Wildman–Crippen MR) is 61.9 cm³/mol. The molecule has 5 nitrogen and oxygen atoms in total. The molecule has 0 heterocycles. The fourth-order valence-corrected chi connectivity index (χ4v) is 1.93. The Morgan fingerprint density at radius 3 is 2.29 bits per heavy atom. The van der Waals surface area contributed by atoms with Gasteiger partial charge in [0.2, 0.25) is 0 Å². The molecule has 1 aromatic rings. The van der Waals surface area contributed by atoms with E-state index in [1.165, 1.54) is 20.3 Å². The number of halogens is 1. The van der Waals surface area contributed by atoms with E-state index < -0.39 is 12.1 Å². The molecule has 0 aliphatic carbocycles. The van der Waals surface area contributed by atoms with Crippen molar-refractivity contribution in [1.82, 2.24) is 0 Å². The maximum Gasteiger partial charge on any atom is 0.337 e. The highest BCUT2D eigenvalue weighted by atomic mass is 35.5. The first-order chi connectivity index (χ1) is 7.93. The fraction of sp³-hybridized carbons (Fsp3) is 0.364. The highest BCUT2D eigenvalue weighted by Gasteiger charge is 2.26. The van der Waals surface area contributed by atoms with Gasteiger partial charge in [-0.1, -0.05) is 11.6 Å². The van der Waals surface area contributed by atoms with Crippen molar-refractivity contribution >= 4 is 17.6 Å². The molecule has 1 rings (SSSR count). The predicted octanol–water partition coefficient (Wildman–Crippen LogP) is 1.78. The lowest BCUT2D eigenvalue weighted by Crippen LogP contribution is -2.14. The van der Waals surface area contributed by atoms with Crippen LogP contribution in [-0.2, 0) is 4.79 Å². The molecule has 0 saturated heterocycles. The molecule has 94 valence electrons. The third kappa shape index (κ3) is 2.45. The van der Waals surface area contributed by atoms with Crippen LogP contribution < -0.4 is 9.47 Å². The van der Waals surface area contributed by atoms with Gasteiger partial charge in [-0.15, -0.1) is 0 Å². The van der Waals surface area contributed by atoms with Crippen LogP contribution in [0.3, 0.4) is 0 Å². The Hall–Kier alpha value is -1.46. The first kappa shape index (κ1) is 13.6. The monoisotopic (exact) mass is 260 g/mol. The maximum atomic E-state index is 10.8. The molecule has 0 aliphatic rings. The minimum atomic E-state index is -1.68. The van der Waals surface area contributed by atoms with Gasteiger partial charge in [-0.2, -0.15) is 0 Å². The summed E-state index contributed by atoms with van der Waals surface area (Å²) in [7, 11) is 2.74. The van der Waals surface area contributed by atoms with E-state index in [0.717, 1.165) is 0 Å². The van der Waals surface area contributed by atoms with Crippen LogP contribution in [0.1, 0.15) is 17.2 Å². The Balaban J connectivity index is 3.52. The summed E-state index contributed by atoms with van der Waals surface area (Å²) in [5, 5.41) is 18.8. The number of rotatable bonds is 4. The second-order valence-electron chi connectivity index (χ2n) is 3.40. The Labute approximate surface area is 104 Å². The van der Waals surface area contributed by atoms with E-state index in [0.29, 0.717) is 10.6 Å². The molecule has 0 aromatic heterocycles. The molecule has 0 spiro atoms. The summed E-state index contributed by atoms with van der Waals surface area (Å²) in [6.07, 6.45) is -1.68. The Kier molecular flexibility index (Phi) is 4.20. The lowest BCUT2D eigenvalue weighted by molar-refractivity contribution is -0.147. The molecule has 0 fully saturated rings. The van der Waals surface area contributed by atoms with Crippen molar-refractivity contribution in [3.8, 4) is 11.5 Å². The van der Waals surface area contributed by atoms with E-state index in [9.17, 15) is 9.90 Å². The molecular formula is C11H13ClO5. The fourth-order valence-electron chi connectivity index (χ4n) is 1.60. The molecule has 0 amide bonds. The number of aliphatic hydroxyl groups excluding tert-OH is 1. The number of carboxylic acids is 1. The lowest BCUT2D eigenvalue weighted by Gasteiger charge is -2.18. The first-order valence-electron chi connectivity index (χ1n) is 4.75. The van der Waals surface area contributed by atoms with Crippen LogP contribution in [0.4, 0.5) is 0 Å². The van der Waals surface area contributed by atoms with Gasteiger partial charge in [-0.3, -0.25) is 0 Å². The molecule has 6 heteroatoms. The largest absolute Gasteiger partial charge is 0.492 e. The number of carbonyl (C=O) groups is 1. The van der Waals surface area contributed by atoms with Gasteiger partial charge >= 0.3 is 5.97 Å². The van der Waals surface area contributed by atoms with Gasteiger partial charge in [-0.25, -0.2) is 4.79 Å². The van der Waals surface area contributed by atoms with E-state index in [1.807, 2.05) is 0 Å². The highest BCUT2D eigenvalue weighted by molar-refractivity contribution is 6.32. The number of carboxylic acid groups (broad SMARTS) is 1. The summed E-state index contributed by atoms with van der Waals surface area (Å²) < 4.78 is 10.1. The SMILES string of the molecule is COc1c(Cl)cc(C)c(C(O)C(=O)O)c1OC. The van der Waals surface area contributed by atoms with Crippen molar-refractivity contribution in [3.63, 3.8) is 0 Å². The van der Waals surface area contributed by atoms with Crippen LogP contribution >= 0.6 is 11.6 Å². The second-order valence-corrected chi connectivity index (χ2v) is 3.80. The number of methoxy groups -OCH3 is 2. The summed E-state index contributed by atoms with van der Waals surface area (Å²) in [6.45, 7) is 1.63. The molecule has 1 atom stereocenters. The zero-order chi connectivity index (χ0) is 13.2. The van der Waals surface area contributed by atoms with Gasteiger partial charge < -0.3 is 19.7 Å². The van der Waals surface area contributed by atoms with Crippen molar-refractivity contribution in [1.29, 1.82) is 0 Å². The second kappa shape index (κ2) is 5.25. The number of aliphatic hydroxyl groups is 1. The van der Waals surface area contributed by atoms with Crippen LogP contribution in [0.5, 0.6) is 11.5 Å². The number of aryl methyl sites for hydroxylation is 1. The van der Waals surface area contributed by atoms with E-state index in [1.54, 1.807) is 6.92 Å². The standard InChI is InChI=1S/C11H13ClO5/c1-5-4-6(12)9(16-2)10(17-3)7(5)8(13)11(14)15/h4,8,13H,1-3H3,(H,14,15). The van der Waals surface area contributed by atoms with Crippen molar-refractivity contribution in [3.05, 3.63) is 22.2 Å². The average molecular weight is 261 g/mol. The quantitative estimate of drug-likeness (QED) is 0.863. The zero-order valence-corrected chi connectivity index (χ0v) is 10.4. The zero-order valence-electron chi connectivity index (χ0n) is 9.65. The number of hydrogen-bond acceptors (Lipinski definition) is 4. The summed E-state index contributed by atoms with van der Waals surface area (Å²) in [5.41, 5.74) is 0.656. The smallest absolute Gasteiger partial charge is 0.337 e. The van der Waals surface area contributed by atoms with Crippen molar-refractivity contribution < 1.29 is 24.5 Å². The molecule has 0 saturated carbocycles. The number of benzene rings is 1. The first-order valence-corrected chi connectivity index (χ1v) is 5.13. The van der Waals surface area contributed by atoms with Gasteiger partial charge in [0.15, 0.2) is 17.6 Å². The summed E-state index contributed by atoms with van der Waals surface area (Å²) in [4.78, 5) is 10.8. The average Bonchev–Trinajstić information content (AvgIpc) is 2.27. The number of hydrogen-bond donors (Lipinski definition) is 2. The van der Waals surface area contributed by atoms with Gasteiger partial charge in [0.05, 0.1) is 19.2 Å². The Bertz CT molecular complexity index is 444. The molecular weight excluding hydrogens is 248 g/mol. The van der Waals surface area contributed by atoms with Crippen molar-refractivity contribution in [2.45, 2.75) is 13.0 Å². The third-order valence-corrected chi connectivity index (χ3v) is 2.63. The van der Waals surface area contributed by atoms with Crippen LogP contribution in [-0.4, -0.2) is 30.4 Å². The molecule has 1 unspecified atom stereocenters. The molecule has 0 bridgehead atoms. The van der Waals surface area contributed by atoms with Crippen LogP contribution in [0, 0.1) is 6.92 Å². The molecule has 2 N–H and O–H groups in total. The third-order valence-electron chi connectivity index (χ3n) is 2.35. The minimum absolute atomic E-state index is 0.132. The topological polar surface area (TPSA) is 76.0 Å². The van der Waals surface area contributed by atoms with Gasteiger partial charge in [0.25, 0.3) is 0 Å². The summed E-state index contributed by atoms with van der Waals surface area (Å²) in [5.74, 6) is -1.03. The van der Waals surface area contributed by atoms with Crippen LogP contribution in [0.25, 0.3) is 0 Å². The number of aliphatic carboxylic acids is 1. The lowest BCUT2D eigenvalue weighted by atomic mass is 10.0. The summed E-state index contributed by atoms with van der Waals surface area (Å²) in [6, 6.07) is 1.52. The minimum Gasteiger partial charge on any atom is -0.492 e. The number of ether oxygens (including phenoxy) is 2. The van der Waals surface area contributed by atoms with E-state index in [-0.39, 0.29) is 17.1 Å². The van der Waals surface area contributed by atoms with Gasteiger partial charge in [0.1, 0.15) is 0 Å². The molecule has 0 radical (unpaired) electrons. The normalized spacial score (nSPS) is 12.1. The Morgan fingerprint density at radius 1 is 1.35 bits per heavy atom. The van der Waals surface area contributed by atoms with E-state index >= 15 is 0 Å². The van der Waals surface area contributed by atoms with E-state index in [4.69, 9.17) is 26.2 Å². The maximum absolute atomic E-state index is 10.8. The molecule has 1 aromatic carbocycles. The highest BCUT2D eigenvalue weighted by Crippen LogP contribution is 2.42. The van der Waals surface area contributed by atoms with Crippen LogP contribution in [0.2, 0.25) is 5.02 Å². The van der Waals surface area contributed by atoms with E-state index in [2.05, 4.69) is 0 Å².